The van der Waals surface area contributed by atoms with Gasteiger partial charge in [0.15, 0.2) is 0 Å². The standard InChI is InChI=1S/C10H14O2/c1-8-3-4-10(7-9(8)2)12-6-5-11/h3-4,7,11H,5-6H2,1-2H3. The van der Waals surface area contributed by atoms with E-state index in [1.54, 1.807) is 0 Å². The average molecular weight is 166 g/mol. The molecule has 0 amide bonds. The fourth-order valence-electron chi connectivity index (χ4n) is 0.967. The molecule has 2 nitrogen and oxygen atoms in total. The van der Waals surface area contributed by atoms with Crippen molar-refractivity contribution in [3.63, 3.8) is 0 Å². The lowest BCUT2D eigenvalue weighted by molar-refractivity contribution is 0.201. The van der Waals surface area contributed by atoms with Gasteiger partial charge in [0.2, 0.25) is 0 Å². The van der Waals surface area contributed by atoms with Crippen molar-refractivity contribution >= 4 is 0 Å². The van der Waals surface area contributed by atoms with E-state index in [0.29, 0.717) is 6.61 Å². The number of rotatable bonds is 3. The van der Waals surface area contributed by atoms with Crippen molar-refractivity contribution in [2.24, 2.45) is 0 Å². The lowest BCUT2D eigenvalue weighted by atomic mass is 10.1. The van der Waals surface area contributed by atoms with E-state index in [2.05, 4.69) is 6.92 Å². The Bertz CT molecular complexity index is 256. The zero-order chi connectivity index (χ0) is 8.97. The molecular formula is C10H14O2. The third kappa shape index (κ3) is 2.24. The molecule has 0 bridgehead atoms. The van der Waals surface area contributed by atoms with Crippen LogP contribution < -0.4 is 4.74 Å². The number of hydrogen-bond acceptors (Lipinski definition) is 2. The molecule has 0 fully saturated rings. The Hall–Kier alpha value is -1.02. The zero-order valence-electron chi connectivity index (χ0n) is 7.50. The molecule has 2 heteroatoms. The molecule has 0 atom stereocenters. The summed E-state index contributed by atoms with van der Waals surface area (Å²) < 4.78 is 5.24. The minimum Gasteiger partial charge on any atom is -0.491 e. The summed E-state index contributed by atoms with van der Waals surface area (Å²) in [5, 5.41) is 8.53. The van der Waals surface area contributed by atoms with Gasteiger partial charge in [0, 0.05) is 0 Å². The maximum absolute atomic E-state index is 8.53. The summed E-state index contributed by atoms with van der Waals surface area (Å²) in [7, 11) is 0. The highest BCUT2D eigenvalue weighted by atomic mass is 16.5. The minimum atomic E-state index is 0.0624. The smallest absolute Gasteiger partial charge is 0.119 e. The lowest BCUT2D eigenvalue weighted by Gasteiger charge is -2.06. The fourth-order valence-corrected chi connectivity index (χ4v) is 0.967. The van der Waals surface area contributed by atoms with E-state index in [0.717, 1.165) is 5.75 Å². The van der Waals surface area contributed by atoms with E-state index in [-0.39, 0.29) is 6.61 Å². The van der Waals surface area contributed by atoms with Crippen LogP contribution >= 0.6 is 0 Å². The van der Waals surface area contributed by atoms with E-state index < -0.39 is 0 Å². The van der Waals surface area contributed by atoms with Crippen molar-refractivity contribution in [2.75, 3.05) is 13.2 Å². The van der Waals surface area contributed by atoms with Crippen LogP contribution in [0.5, 0.6) is 5.75 Å². The highest BCUT2D eigenvalue weighted by Crippen LogP contribution is 2.15. The highest BCUT2D eigenvalue weighted by molar-refractivity contribution is 5.33. The molecule has 1 aromatic rings. The highest BCUT2D eigenvalue weighted by Gasteiger charge is 1.95. The van der Waals surface area contributed by atoms with E-state index in [1.165, 1.54) is 11.1 Å². The van der Waals surface area contributed by atoms with Crippen LogP contribution in [0.4, 0.5) is 0 Å². The Morgan fingerprint density at radius 3 is 2.58 bits per heavy atom. The quantitative estimate of drug-likeness (QED) is 0.740. The molecule has 0 heterocycles. The van der Waals surface area contributed by atoms with Gasteiger partial charge < -0.3 is 9.84 Å². The monoisotopic (exact) mass is 166 g/mol. The SMILES string of the molecule is Cc1ccc(OCCO)cc1C. The van der Waals surface area contributed by atoms with E-state index in [4.69, 9.17) is 9.84 Å². The van der Waals surface area contributed by atoms with Crippen molar-refractivity contribution in [1.29, 1.82) is 0 Å². The summed E-state index contributed by atoms with van der Waals surface area (Å²) in [5.74, 6) is 0.826. The third-order valence-corrected chi connectivity index (χ3v) is 1.84. The topological polar surface area (TPSA) is 29.5 Å². The Morgan fingerprint density at radius 2 is 2.00 bits per heavy atom. The van der Waals surface area contributed by atoms with Gasteiger partial charge in [-0.25, -0.2) is 0 Å². The largest absolute Gasteiger partial charge is 0.491 e. The summed E-state index contributed by atoms with van der Waals surface area (Å²) in [6.45, 7) is 4.53. The van der Waals surface area contributed by atoms with Gasteiger partial charge in [-0.1, -0.05) is 6.07 Å². The first-order chi connectivity index (χ1) is 5.74. The first-order valence-corrected chi connectivity index (χ1v) is 4.05. The first-order valence-electron chi connectivity index (χ1n) is 4.05. The summed E-state index contributed by atoms with van der Waals surface area (Å²) >= 11 is 0. The predicted octanol–water partition coefficient (Wildman–Crippen LogP) is 1.67. The van der Waals surface area contributed by atoms with E-state index in [9.17, 15) is 0 Å². The molecule has 1 aromatic carbocycles. The van der Waals surface area contributed by atoms with Gasteiger partial charge in [-0.3, -0.25) is 0 Å². The molecule has 12 heavy (non-hydrogen) atoms. The molecule has 0 spiro atoms. The maximum Gasteiger partial charge on any atom is 0.119 e. The van der Waals surface area contributed by atoms with Crippen LogP contribution in [0.25, 0.3) is 0 Å². The number of aryl methyl sites for hydroxylation is 2. The number of ether oxygens (including phenoxy) is 1. The molecule has 0 unspecified atom stereocenters. The number of aliphatic hydroxyl groups excluding tert-OH is 1. The third-order valence-electron chi connectivity index (χ3n) is 1.84. The fraction of sp³-hybridized carbons (Fsp3) is 0.400. The van der Waals surface area contributed by atoms with Gasteiger partial charge in [-0.2, -0.15) is 0 Å². The Labute approximate surface area is 72.8 Å². The van der Waals surface area contributed by atoms with E-state index >= 15 is 0 Å². The van der Waals surface area contributed by atoms with Crippen LogP contribution in [0, 0.1) is 13.8 Å². The molecule has 0 aliphatic heterocycles. The Morgan fingerprint density at radius 1 is 1.25 bits per heavy atom. The van der Waals surface area contributed by atoms with Crippen LogP contribution in [0.1, 0.15) is 11.1 Å². The van der Waals surface area contributed by atoms with Crippen molar-refractivity contribution in [3.05, 3.63) is 29.3 Å². The number of hydrogen-bond donors (Lipinski definition) is 1. The molecular weight excluding hydrogens is 152 g/mol. The lowest BCUT2D eigenvalue weighted by Crippen LogP contribution is -2.01. The second kappa shape index (κ2) is 4.12. The maximum atomic E-state index is 8.53. The van der Waals surface area contributed by atoms with Crippen molar-refractivity contribution in [3.8, 4) is 5.75 Å². The molecule has 1 N–H and O–H groups in total. The van der Waals surface area contributed by atoms with Gasteiger partial charge in [0.05, 0.1) is 6.61 Å². The van der Waals surface area contributed by atoms with Crippen LogP contribution in [0.2, 0.25) is 0 Å². The summed E-state index contributed by atoms with van der Waals surface area (Å²) in [6, 6.07) is 5.91. The second-order valence-corrected chi connectivity index (χ2v) is 2.82. The minimum absolute atomic E-state index is 0.0624. The summed E-state index contributed by atoms with van der Waals surface area (Å²) in [6.07, 6.45) is 0. The van der Waals surface area contributed by atoms with Gasteiger partial charge in [-0.05, 0) is 37.1 Å². The molecule has 66 valence electrons. The molecule has 0 aliphatic rings. The van der Waals surface area contributed by atoms with Crippen LogP contribution in [-0.2, 0) is 0 Å². The molecule has 0 saturated heterocycles. The molecule has 0 radical (unpaired) electrons. The average Bonchev–Trinajstić information content (AvgIpc) is 2.07. The molecule has 0 saturated carbocycles. The van der Waals surface area contributed by atoms with Crippen LogP contribution in [-0.4, -0.2) is 18.3 Å². The van der Waals surface area contributed by atoms with Gasteiger partial charge >= 0.3 is 0 Å². The van der Waals surface area contributed by atoms with Crippen LogP contribution in [0.3, 0.4) is 0 Å². The summed E-state index contributed by atoms with van der Waals surface area (Å²) in [4.78, 5) is 0. The second-order valence-electron chi connectivity index (χ2n) is 2.82. The normalized spacial score (nSPS) is 9.92. The molecule has 0 aromatic heterocycles. The molecule has 1 rings (SSSR count). The number of aliphatic hydroxyl groups is 1. The predicted molar refractivity (Wildman–Crippen MR) is 48.5 cm³/mol. The van der Waals surface area contributed by atoms with E-state index in [1.807, 2.05) is 25.1 Å². The van der Waals surface area contributed by atoms with Crippen molar-refractivity contribution < 1.29 is 9.84 Å². The zero-order valence-corrected chi connectivity index (χ0v) is 7.50. The van der Waals surface area contributed by atoms with Crippen molar-refractivity contribution in [2.45, 2.75) is 13.8 Å². The van der Waals surface area contributed by atoms with Gasteiger partial charge in [0.1, 0.15) is 12.4 Å². The number of benzene rings is 1. The van der Waals surface area contributed by atoms with Crippen LogP contribution in [0.15, 0.2) is 18.2 Å². The summed E-state index contributed by atoms with van der Waals surface area (Å²) in [5.41, 5.74) is 2.47. The van der Waals surface area contributed by atoms with Gasteiger partial charge in [-0.15, -0.1) is 0 Å². The van der Waals surface area contributed by atoms with Gasteiger partial charge in [0.25, 0.3) is 0 Å². The first kappa shape index (κ1) is 9.07. The molecule has 0 aliphatic carbocycles. The van der Waals surface area contributed by atoms with Crippen molar-refractivity contribution in [1.82, 2.24) is 0 Å². The Balaban J connectivity index is 2.69. The Kier molecular flexibility index (Phi) is 3.11.